The van der Waals surface area contributed by atoms with Crippen LogP contribution in [0, 0.1) is 0 Å². The van der Waals surface area contributed by atoms with E-state index in [1.54, 1.807) is 30.3 Å². The van der Waals surface area contributed by atoms with Gasteiger partial charge in [0.2, 0.25) is 0 Å². The molecule has 0 aromatic heterocycles. The number of hydrogen-bond donors (Lipinski definition) is 1. The highest BCUT2D eigenvalue weighted by Crippen LogP contribution is 2.07. The number of ether oxygens (including phenoxy) is 2. The molecule has 0 radical (unpaired) electrons. The highest BCUT2D eigenvalue weighted by molar-refractivity contribution is 5.81. The zero-order valence-corrected chi connectivity index (χ0v) is 7.17. The Hall–Kier alpha value is -2.04. The zero-order chi connectivity index (χ0) is 10.4. The summed E-state index contributed by atoms with van der Waals surface area (Å²) in [5.41, 5.74) is 0. The molecule has 0 unspecified atom stereocenters. The van der Waals surface area contributed by atoms with Crippen molar-refractivity contribution in [1.29, 1.82) is 0 Å². The number of benzene rings is 1. The number of hydrogen-bond acceptors (Lipinski definition) is 4. The Labute approximate surface area is 79.9 Å². The van der Waals surface area contributed by atoms with Gasteiger partial charge in [0.25, 0.3) is 0 Å². The Morgan fingerprint density at radius 3 is 2.43 bits per heavy atom. The van der Waals surface area contributed by atoms with Crippen molar-refractivity contribution in [1.82, 2.24) is 0 Å². The largest absolute Gasteiger partial charge is 0.513 e. The molecule has 0 aliphatic heterocycles. The standard InChI is InChI=1S/C9H8O5/c10-8(14-9(11)12)6-13-7-4-2-1-3-5-7/h1-5H,6H2,(H,11,12). The first-order valence-electron chi connectivity index (χ1n) is 3.80. The van der Waals surface area contributed by atoms with Gasteiger partial charge in [-0.15, -0.1) is 0 Å². The predicted molar refractivity (Wildman–Crippen MR) is 46.1 cm³/mol. The van der Waals surface area contributed by atoms with Crippen molar-refractivity contribution in [3.05, 3.63) is 30.3 Å². The van der Waals surface area contributed by atoms with E-state index in [1.807, 2.05) is 0 Å². The van der Waals surface area contributed by atoms with Gasteiger partial charge in [0.1, 0.15) is 5.75 Å². The minimum Gasteiger partial charge on any atom is -0.482 e. The Bertz CT molecular complexity index is 319. The number of carbonyl (C=O) groups excluding carboxylic acids is 1. The Kier molecular flexibility index (Phi) is 3.49. The lowest BCUT2D eigenvalue weighted by Gasteiger charge is -2.03. The lowest BCUT2D eigenvalue weighted by atomic mass is 10.3. The Morgan fingerprint density at radius 2 is 1.86 bits per heavy atom. The molecule has 0 fully saturated rings. The molecular formula is C9H8O5. The SMILES string of the molecule is O=C(O)OC(=O)COc1ccccc1. The van der Waals surface area contributed by atoms with Crippen molar-refractivity contribution in [2.24, 2.45) is 0 Å². The number of rotatable bonds is 3. The van der Waals surface area contributed by atoms with Gasteiger partial charge in [-0.1, -0.05) is 18.2 Å². The second kappa shape index (κ2) is 4.86. The molecule has 1 aromatic rings. The maximum Gasteiger partial charge on any atom is 0.513 e. The van der Waals surface area contributed by atoms with Crippen LogP contribution in [-0.2, 0) is 9.53 Å². The quantitative estimate of drug-likeness (QED) is 0.582. The molecule has 0 aliphatic rings. The minimum absolute atomic E-state index is 0.420. The Balaban J connectivity index is 2.34. The summed E-state index contributed by atoms with van der Waals surface area (Å²) in [6.45, 7) is -0.420. The Morgan fingerprint density at radius 1 is 1.21 bits per heavy atom. The summed E-state index contributed by atoms with van der Waals surface area (Å²) in [6, 6.07) is 8.56. The fraction of sp³-hybridized carbons (Fsp3) is 0.111. The number of carboxylic acid groups (broad SMARTS) is 1. The lowest BCUT2D eigenvalue weighted by Crippen LogP contribution is -2.17. The van der Waals surface area contributed by atoms with Crippen molar-refractivity contribution in [3.8, 4) is 5.75 Å². The third kappa shape index (κ3) is 3.57. The van der Waals surface area contributed by atoms with E-state index in [4.69, 9.17) is 9.84 Å². The summed E-state index contributed by atoms with van der Waals surface area (Å²) < 4.78 is 8.76. The van der Waals surface area contributed by atoms with E-state index < -0.39 is 18.7 Å². The molecule has 0 spiro atoms. The third-order valence-corrected chi connectivity index (χ3v) is 1.30. The van der Waals surface area contributed by atoms with Gasteiger partial charge in [-0.25, -0.2) is 9.59 Å². The number of para-hydroxylation sites is 1. The summed E-state index contributed by atoms with van der Waals surface area (Å²) in [4.78, 5) is 20.6. The maximum atomic E-state index is 10.7. The summed E-state index contributed by atoms with van der Waals surface area (Å²) in [7, 11) is 0. The molecule has 0 bridgehead atoms. The predicted octanol–water partition coefficient (Wildman–Crippen LogP) is 1.29. The van der Waals surface area contributed by atoms with Crippen LogP contribution >= 0.6 is 0 Å². The minimum atomic E-state index is -1.63. The first-order chi connectivity index (χ1) is 6.68. The maximum absolute atomic E-state index is 10.7. The molecule has 0 saturated heterocycles. The van der Waals surface area contributed by atoms with Crippen LogP contribution in [-0.4, -0.2) is 23.8 Å². The van der Waals surface area contributed by atoms with Gasteiger partial charge in [0.05, 0.1) is 0 Å². The van der Waals surface area contributed by atoms with Crippen LogP contribution in [0.2, 0.25) is 0 Å². The molecule has 0 atom stereocenters. The van der Waals surface area contributed by atoms with Crippen LogP contribution in [0.25, 0.3) is 0 Å². The number of carbonyl (C=O) groups is 2. The molecule has 0 saturated carbocycles. The molecule has 1 rings (SSSR count). The molecule has 0 amide bonds. The smallest absolute Gasteiger partial charge is 0.482 e. The van der Waals surface area contributed by atoms with E-state index in [-0.39, 0.29) is 0 Å². The van der Waals surface area contributed by atoms with E-state index in [2.05, 4.69) is 4.74 Å². The second-order valence-electron chi connectivity index (χ2n) is 2.34. The fourth-order valence-corrected chi connectivity index (χ4v) is 0.786. The number of esters is 1. The van der Waals surface area contributed by atoms with Gasteiger partial charge in [-0.05, 0) is 12.1 Å². The van der Waals surface area contributed by atoms with Crippen LogP contribution in [0.3, 0.4) is 0 Å². The molecular weight excluding hydrogens is 188 g/mol. The average Bonchev–Trinajstić information content (AvgIpc) is 2.15. The van der Waals surface area contributed by atoms with Gasteiger partial charge in [-0.3, -0.25) is 0 Å². The highest BCUT2D eigenvalue weighted by Gasteiger charge is 2.08. The fourth-order valence-electron chi connectivity index (χ4n) is 0.786. The summed E-state index contributed by atoms with van der Waals surface area (Å²) >= 11 is 0. The molecule has 0 heterocycles. The van der Waals surface area contributed by atoms with Crippen molar-refractivity contribution < 1.29 is 24.2 Å². The van der Waals surface area contributed by atoms with Crippen LogP contribution < -0.4 is 4.74 Å². The first kappa shape index (κ1) is 10.0. The van der Waals surface area contributed by atoms with Crippen molar-refractivity contribution in [3.63, 3.8) is 0 Å². The van der Waals surface area contributed by atoms with Crippen molar-refractivity contribution in [2.45, 2.75) is 0 Å². The van der Waals surface area contributed by atoms with Crippen LogP contribution in [0.1, 0.15) is 0 Å². The van der Waals surface area contributed by atoms with E-state index in [0.717, 1.165) is 0 Å². The summed E-state index contributed by atoms with van der Waals surface area (Å²) in [6.07, 6.45) is -1.63. The van der Waals surface area contributed by atoms with E-state index >= 15 is 0 Å². The van der Waals surface area contributed by atoms with E-state index in [1.165, 1.54) is 0 Å². The van der Waals surface area contributed by atoms with Gasteiger partial charge in [0.15, 0.2) is 6.61 Å². The summed E-state index contributed by atoms with van der Waals surface area (Å²) in [5.74, 6) is -0.462. The van der Waals surface area contributed by atoms with Crippen LogP contribution in [0.4, 0.5) is 4.79 Å². The molecule has 1 N–H and O–H groups in total. The third-order valence-electron chi connectivity index (χ3n) is 1.30. The van der Waals surface area contributed by atoms with Gasteiger partial charge in [0, 0.05) is 0 Å². The normalized spacial score (nSPS) is 9.14. The molecule has 5 heteroatoms. The second-order valence-corrected chi connectivity index (χ2v) is 2.34. The molecule has 1 aromatic carbocycles. The van der Waals surface area contributed by atoms with Gasteiger partial charge < -0.3 is 14.6 Å². The van der Waals surface area contributed by atoms with Crippen LogP contribution in [0.15, 0.2) is 30.3 Å². The van der Waals surface area contributed by atoms with E-state index in [9.17, 15) is 9.59 Å². The molecule has 5 nitrogen and oxygen atoms in total. The van der Waals surface area contributed by atoms with Crippen LogP contribution in [0.5, 0.6) is 5.75 Å². The van der Waals surface area contributed by atoms with Crippen molar-refractivity contribution in [2.75, 3.05) is 6.61 Å². The molecule has 74 valence electrons. The van der Waals surface area contributed by atoms with Gasteiger partial charge in [-0.2, -0.15) is 0 Å². The van der Waals surface area contributed by atoms with Gasteiger partial charge >= 0.3 is 12.1 Å². The highest BCUT2D eigenvalue weighted by atomic mass is 16.7. The lowest BCUT2D eigenvalue weighted by molar-refractivity contribution is -0.141. The van der Waals surface area contributed by atoms with E-state index in [0.29, 0.717) is 5.75 Å². The first-order valence-corrected chi connectivity index (χ1v) is 3.80. The molecule has 0 aliphatic carbocycles. The average molecular weight is 196 g/mol. The zero-order valence-electron chi connectivity index (χ0n) is 7.17. The monoisotopic (exact) mass is 196 g/mol. The van der Waals surface area contributed by atoms with Crippen molar-refractivity contribution >= 4 is 12.1 Å². The topological polar surface area (TPSA) is 72.8 Å². The summed E-state index contributed by atoms with van der Waals surface area (Å²) in [5, 5.41) is 8.08. The molecule has 14 heavy (non-hydrogen) atoms.